The molecule has 0 radical (unpaired) electrons. The average Bonchev–Trinajstić information content (AvgIpc) is 2.46. The largest absolute Gasteiger partial charge is 0.491 e. The van der Waals surface area contributed by atoms with E-state index >= 15 is 0 Å². The van der Waals surface area contributed by atoms with Crippen LogP contribution in [0.3, 0.4) is 0 Å². The molecule has 1 atom stereocenters. The predicted octanol–water partition coefficient (Wildman–Crippen LogP) is 4.14. The van der Waals surface area contributed by atoms with Gasteiger partial charge >= 0.3 is 0 Å². The van der Waals surface area contributed by atoms with Crippen molar-refractivity contribution >= 4 is 0 Å². The maximum atomic E-state index is 10.1. The highest BCUT2D eigenvalue weighted by Crippen LogP contribution is 2.20. The van der Waals surface area contributed by atoms with Gasteiger partial charge in [0.25, 0.3) is 0 Å². The summed E-state index contributed by atoms with van der Waals surface area (Å²) in [5.41, 5.74) is 2.20. The van der Waals surface area contributed by atoms with Crippen molar-refractivity contribution in [3.8, 4) is 5.75 Å². The Morgan fingerprint density at radius 3 is 2.20 bits per heavy atom. The molecule has 0 heterocycles. The normalized spacial score (nSPS) is 12.4. The van der Waals surface area contributed by atoms with Crippen LogP contribution in [0.5, 0.6) is 5.75 Å². The molecule has 20 heavy (non-hydrogen) atoms. The van der Waals surface area contributed by atoms with Crippen LogP contribution in [0.2, 0.25) is 0 Å². The molecule has 1 unspecified atom stereocenters. The minimum atomic E-state index is -0.400. The fourth-order valence-corrected chi connectivity index (χ4v) is 2.15. The van der Waals surface area contributed by atoms with Crippen LogP contribution in [0.15, 0.2) is 54.6 Å². The third-order valence-corrected chi connectivity index (χ3v) is 3.19. The highest BCUT2D eigenvalue weighted by Gasteiger charge is 2.07. The molecule has 0 aliphatic carbocycles. The van der Waals surface area contributed by atoms with Crippen molar-refractivity contribution in [1.29, 1.82) is 0 Å². The monoisotopic (exact) mass is 270 g/mol. The summed E-state index contributed by atoms with van der Waals surface area (Å²) < 4.78 is 5.61. The van der Waals surface area contributed by atoms with Gasteiger partial charge in [0, 0.05) is 0 Å². The number of ether oxygens (including phenoxy) is 1. The Hall–Kier alpha value is -1.80. The van der Waals surface area contributed by atoms with E-state index in [9.17, 15) is 5.11 Å². The van der Waals surface area contributed by atoms with E-state index in [1.54, 1.807) is 0 Å². The molecule has 0 spiro atoms. The smallest absolute Gasteiger partial charge is 0.119 e. The molecule has 0 amide bonds. The third-order valence-electron chi connectivity index (χ3n) is 3.19. The van der Waals surface area contributed by atoms with E-state index in [0.29, 0.717) is 0 Å². The van der Waals surface area contributed by atoms with Crippen molar-refractivity contribution in [2.75, 3.05) is 0 Å². The summed E-state index contributed by atoms with van der Waals surface area (Å²) in [5, 5.41) is 10.1. The van der Waals surface area contributed by atoms with E-state index in [-0.39, 0.29) is 6.10 Å². The van der Waals surface area contributed by atoms with Gasteiger partial charge in [0.15, 0.2) is 0 Å². The number of benzene rings is 2. The van der Waals surface area contributed by atoms with Crippen molar-refractivity contribution in [2.45, 2.75) is 38.9 Å². The van der Waals surface area contributed by atoms with Gasteiger partial charge in [-0.25, -0.2) is 0 Å². The summed E-state index contributed by atoms with van der Waals surface area (Å²) in [4.78, 5) is 0. The molecule has 0 aliphatic rings. The first-order valence-corrected chi connectivity index (χ1v) is 7.14. The average molecular weight is 270 g/mol. The lowest BCUT2D eigenvalue weighted by Crippen LogP contribution is -2.05. The summed E-state index contributed by atoms with van der Waals surface area (Å²) in [6.07, 6.45) is 1.38. The molecule has 2 heteroatoms. The highest BCUT2D eigenvalue weighted by atomic mass is 16.5. The van der Waals surface area contributed by atoms with Crippen molar-refractivity contribution in [2.24, 2.45) is 0 Å². The number of hydrogen-bond donors (Lipinski definition) is 1. The van der Waals surface area contributed by atoms with Crippen LogP contribution in [0.4, 0.5) is 0 Å². The Bertz CT molecular complexity index is 503. The van der Waals surface area contributed by atoms with Gasteiger partial charge in [-0.3, -0.25) is 0 Å². The van der Waals surface area contributed by atoms with Crippen molar-refractivity contribution < 1.29 is 9.84 Å². The Morgan fingerprint density at radius 1 is 0.950 bits per heavy atom. The van der Waals surface area contributed by atoms with E-state index in [1.807, 2.05) is 56.3 Å². The minimum Gasteiger partial charge on any atom is -0.491 e. The second-order valence-corrected chi connectivity index (χ2v) is 5.28. The van der Waals surface area contributed by atoms with Crippen LogP contribution in [0.25, 0.3) is 0 Å². The Balaban J connectivity index is 1.88. The SMILES string of the molecule is CC(C)Oc1ccc(CCC(O)c2ccccc2)cc1. The molecule has 0 saturated carbocycles. The van der Waals surface area contributed by atoms with Crippen LogP contribution in [0.1, 0.15) is 37.5 Å². The second-order valence-electron chi connectivity index (χ2n) is 5.28. The summed E-state index contributed by atoms with van der Waals surface area (Å²) in [6.45, 7) is 4.04. The first-order chi connectivity index (χ1) is 9.65. The second kappa shape index (κ2) is 7.11. The zero-order valence-corrected chi connectivity index (χ0v) is 12.1. The highest BCUT2D eigenvalue weighted by molar-refractivity contribution is 5.28. The molecule has 0 aromatic heterocycles. The lowest BCUT2D eigenvalue weighted by atomic mass is 10.0. The minimum absolute atomic E-state index is 0.195. The van der Waals surface area contributed by atoms with Gasteiger partial charge < -0.3 is 9.84 Å². The molecule has 1 N–H and O–H groups in total. The van der Waals surface area contributed by atoms with Gasteiger partial charge in [-0.15, -0.1) is 0 Å². The number of aliphatic hydroxyl groups is 1. The van der Waals surface area contributed by atoms with Gasteiger partial charge in [0.05, 0.1) is 12.2 Å². The van der Waals surface area contributed by atoms with E-state index in [2.05, 4.69) is 12.1 Å². The first kappa shape index (κ1) is 14.6. The summed E-state index contributed by atoms with van der Waals surface area (Å²) in [5.74, 6) is 0.896. The van der Waals surface area contributed by atoms with Gasteiger partial charge in [0.2, 0.25) is 0 Å². The molecule has 2 rings (SSSR count). The maximum absolute atomic E-state index is 10.1. The lowest BCUT2D eigenvalue weighted by molar-refractivity contribution is 0.168. The molecule has 2 aromatic rings. The molecule has 0 bridgehead atoms. The topological polar surface area (TPSA) is 29.5 Å². The number of hydrogen-bond acceptors (Lipinski definition) is 2. The van der Waals surface area contributed by atoms with Gasteiger partial charge in [-0.05, 0) is 49.9 Å². The van der Waals surface area contributed by atoms with Crippen LogP contribution < -0.4 is 4.74 Å². The van der Waals surface area contributed by atoms with Gasteiger partial charge in [-0.1, -0.05) is 42.5 Å². The third kappa shape index (κ3) is 4.39. The molecule has 0 saturated heterocycles. The van der Waals surface area contributed by atoms with Crippen LogP contribution >= 0.6 is 0 Å². The van der Waals surface area contributed by atoms with E-state index < -0.39 is 6.10 Å². The molecule has 0 aliphatic heterocycles. The maximum Gasteiger partial charge on any atom is 0.119 e. The molecule has 2 nitrogen and oxygen atoms in total. The molecular formula is C18H22O2. The summed E-state index contributed by atoms with van der Waals surface area (Å²) in [6, 6.07) is 17.9. The van der Waals surface area contributed by atoms with E-state index in [0.717, 1.165) is 24.2 Å². The Morgan fingerprint density at radius 2 is 1.60 bits per heavy atom. The lowest BCUT2D eigenvalue weighted by Gasteiger charge is -2.12. The van der Waals surface area contributed by atoms with Crippen molar-refractivity contribution in [1.82, 2.24) is 0 Å². The Kier molecular flexibility index (Phi) is 5.19. The zero-order valence-electron chi connectivity index (χ0n) is 12.1. The van der Waals surface area contributed by atoms with Gasteiger partial charge in [0.1, 0.15) is 5.75 Å². The fourth-order valence-electron chi connectivity index (χ4n) is 2.15. The first-order valence-electron chi connectivity index (χ1n) is 7.14. The van der Waals surface area contributed by atoms with Crippen LogP contribution in [-0.2, 0) is 6.42 Å². The van der Waals surface area contributed by atoms with E-state index in [4.69, 9.17) is 4.74 Å². The summed E-state index contributed by atoms with van der Waals surface area (Å²) >= 11 is 0. The molecular weight excluding hydrogens is 248 g/mol. The number of aryl methyl sites for hydroxylation is 1. The van der Waals surface area contributed by atoms with Crippen LogP contribution in [0, 0.1) is 0 Å². The van der Waals surface area contributed by atoms with Crippen LogP contribution in [-0.4, -0.2) is 11.2 Å². The molecule has 0 fully saturated rings. The molecule has 2 aromatic carbocycles. The predicted molar refractivity (Wildman–Crippen MR) is 81.9 cm³/mol. The standard InChI is InChI=1S/C18H22O2/c1-14(2)20-17-11-8-15(9-12-17)10-13-18(19)16-6-4-3-5-7-16/h3-9,11-12,14,18-19H,10,13H2,1-2H3. The molecule has 106 valence electrons. The zero-order chi connectivity index (χ0) is 14.4. The van der Waals surface area contributed by atoms with Crippen molar-refractivity contribution in [3.05, 3.63) is 65.7 Å². The van der Waals surface area contributed by atoms with E-state index in [1.165, 1.54) is 5.56 Å². The number of aliphatic hydroxyl groups excluding tert-OH is 1. The van der Waals surface area contributed by atoms with Gasteiger partial charge in [-0.2, -0.15) is 0 Å². The quantitative estimate of drug-likeness (QED) is 0.854. The Labute approximate surface area is 121 Å². The summed E-state index contributed by atoms with van der Waals surface area (Å²) in [7, 11) is 0. The van der Waals surface area contributed by atoms with Crippen molar-refractivity contribution in [3.63, 3.8) is 0 Å². The number of rotatable bonds is 6. The fraction of sp³-hybridized carbons (Fsp3) is 0.333.